The number of nitrogens with zero attached hydrogens (tertiary/aromatic N) is 1. The van der Waals surface area contributed by atoms with Crippen LogP contribution >= 0.6 is 0 Å². The van der Waals surface area contributed by atoms with Gasteiger partial charge in [-0.1, -0.05) is 38.1 Å². The minimum atomic E-state index is -7.13. The number of ether oxygens (including phenoxy) is 4. The van der Waals surface area contributed by atoms with Gasteiger partial charge in [0.15, 0.2) is 6.10 Å². The number of rotatable bonds is 17. The monoisotopic (exact) mass is 677 g/mol. The third-order valence-electron chi connectivity index (χ3n) is 6.39. The Morgan fingerprint density at radius 1 is 0.804 bits per heavy atom. The van der Waals surface area contributed by atoms with Crippen molar-refractivity contribution in [3.63, 3.8) is 0 Å². The van der Waals surface area contributed by atoms with Crippen molar-refractivity contribution in [1.29, 1.82) is 0 Å². The van der Waals surface area contributed by atoms with E-state index in [1.807, 2.05) is 13.8 Å². The summed E-state index contributed by atoms with van der Waals surface area (Å²) in [4.78, 5) is 24.7. The number of benzene rings is 2. The number of carboxylic acids is 1. The Balaban J connectivity index is 2.12. The van der Waals surface area contributed by atoms with Gasteiger partial charge in [-0.05, 0) is 48.2 Å². The molecule has 0 aromatic heterocycles. The van der Waals surface area contributed by atoms with Crippen molar-refractivity contribution in [2.24, 2.45) is 0 Å². The molecule has 1 unspecified atom stereocenters. The number of halogens is 9. The summed E-state index contributed by atoms with van der Waals surface area (Å²) in [5.74, 6) is -15.0. The molecule has 0 aliphatic rings. The maximum absolute atomic E-state index is 13.8. The van der Waals surface area contributed by atoms with Crippen molar-refractivity contribution in [1.82, 2.24) is 4.90 Å². The van der Waals surface area contributed by atoms with Gasteiger partial charge in [-0.3, -0.25) is 0 Å². The Kier molecular flexibility index (Phi) is 13.1. The van der Waals surface area contributed by atoms with E-state index in [9.17, 15) is 54.2 Å². The summed E-state index contributed by atoms with van der Waals surface area (Å²) in [5, 5.41) is 9.22. The van der Waals surface area contributed by atoms with Crippen molar-refractivity contribution < 1.29 is 73.2 Å². The highest BCUT2D eigenvalue weighted by molar-refractivity contribution is 5.72. The lowest BCUT2D eigenvalue weighted by Gasteiger charge is -2.33. The number of hydrogen-bond donors (Lipinski definition) is 1. The van der Waals surface area contributed by atoms with Crippen LogP contribution < -0.4 is 9.47 Å². The highest BCUT2D eigenvalue weighted by Crippen LogP contribution is 2.53. The lowest BCUT2D eigenvalue weighted by Crippen LogP contribution is -2.62. The Morgan fingerprint density at radius 2 is 1.35 bits per heavy atom. The Hall–Kier alpha value is -3.73. The fourth-order valence-corrected chi connectivity index (χ4v) is 3.74. The standard InChI is InChI=1S/C29H32F9NO7/c1-4-43-23(24(40)41)17-19-5-9-21(10-6-19)44-15-13-39(25(42)46-22-11-7-20(8-12-22)18(2)3)14-16-45-29(37,38)27(32,33)26(30,31)28(34,35)36/h5-12,18,23H,4,13-17H2,1-3H3,(H,40,41). The number of carboxylic acid groups (broad SMARTS) is 1. The van der Waals surface area contributed by atoms with E-state index in [-0.39, 0.29) is 37.1 Å². The molecule has 1 amide bonds. The largest absolute Gasteiger partial charge is 0.492 e. The van der Waals surface area contributed by atoms with Crippen LogP contribution in [0.5, 0.6) is 11.5 Å². The fraction of sp³-hybridized carbons (Fsp3) is 0.517. The zero-order valence-electron chi connectivity index (χ0n) is 24.8. The van der Waals surface area contributed by atoms with Crippen molar-refractivity contribution in [2.75, 3.05) is 32.9 Å². The van der Waals surface area contributed by atoms with Gasteiger partial charge in [-0.2, -0.15) is 39.5 Å². The van der Waals surface area contributed by atoms with Gasteiger partial charge in [-0.25, -0.2) is 9.59 Å². The predicted molar refractivity (Wildman–Crippen MR) is 144 cm³/mol. The lowest BCUT2D eigenvalue weighted by molar-refractivity contribution is -0.443. The van der Waals surface area contributed by atoms with Gasteiger partial charge in [0.2, 0.25) is 0 Å². The second-order valence-corrected chi connectivity index (χ2v) is 10.1. The number of carbonyl (C=O) groups excluding carboxylic acids is 1. The van der Waals surface area contributed by atoms with Crippen molar-refractivity contribution in [2.45, 2.75) is 63.3 Å². The lowest BCUT2D eigenvalue weighted by atomic mass is 10.0. The van der Waals surface area contributed by atoms with E-state index in [2.05, 4.69) is 4.74 Å². The predicted octanol–water partition coefficient (Wildman–Crippen LogP) is 7.16. The van der Waals surface area contributed by atoms with E-state index in [1.54, 1.807) is 19.1 Å². The smallest absolute Gasteiger partial charge is 0.460 e. The summed E-state index contributed by atoms with van der Waals surface area (Å²) < 4.78 is 138. The van der Waals surface area contributed by atoms with Crippen LogP contribution in [-0.4, -0.2) is 85.2 Å². The molecule has 8 nitrogen and oxygen atoms in total. The van der Waals surface area contributed by atoms with Crippen LogP contribution in [0.25, 0.3) is 0 Å². The minimum Gasteiger partial charge on any atom is -0.492 e. The summed E-state index contributed by atoms with van der Waals surface area (Å²) in [6.07, 6.45) is -15.6. The van der Waals surface area contributed by atoms with Crippen molar-refractivity contribution >= 4 is 12.1 Å². The van der Waals surface area contributed by atoms with Gasteiger partial charge in [0, 0.05) is 19.6 Å². The molecule has 2 aromatic rings. The molecule has 0 saturated carbocycles. The first kappa shape index (κ1) is 38.5. The van der Waals surface area contributed by atoms with Gasteiger partial charge >= 0.3 is 36.2 Å². The number of aliphatic carboxylic acids is 1. The van der Waals surface area contributed by atoms with Gasteiger partial charge in [0.05, 0.1) is 13.2 Å². The van der Waals surface area contributed by atoms with Crippen LogP contribution in [0.4, 0.5) is 44.3 Å². The van der Waals surface area contributed by atoms with Gasteiger partial charge in [0.25, 0.3) is 0 Å². The SMILES string of the molecule is CCOC(Cc1ccc(OCCN(CCOC(F)(F)C(F)(F)C(F)(F)C(F)(F)F)C(=O)Oc2ccc(C(C)C)cc2)cc1)C(=O)O. The van der Waals surface area contributed by atoms with Crippen LogP contribution in [0.2, 0.25) is 0 Å². The van der Waals surface area contributed by atoms with Crippen LogP contribution in [0.15, 0.2) is 48.5 Å². The molecular weight excluding hydrogens is 645 g/mol. The molecule has 0 spiro atoms. The molecule has 0 aliphatic heterocycles. The molecule has 1 atom stereocenters. The third kappa shape index (κ3) is 9.88. The molecule has 0 aliphatic carbocycles. The van der Waals surface area contributed by atoms with Gasteiger partial charge in [-0.15, -0.1) is 0 Å². The molecule has 0 bridgehead atoms. The van der Waals surface area contributed by atoms with Crippen LogP contribution in [0.3, 0.4) is 0 Å². The molecule has 258 valence electrons. The topological polar surface area (TPSA) is 94.5 Å². The number of hydrogen-bond acceptors (Lipinski definition) is 6. The molecule has 0 fully saturated rings. The van der Waals surface area contributed by atoms with E-state index in [4.69, 9.17) is 14.2 Å². The first-order valence-electron chi connectivity index (χ1n) is 13.7. The number of alkyl halides is 9. The third-order valence-corrected chi connectivity index (χ3v) is 6.39. The first-order valence-corrected chi connectivity index (χ1v) is 13.7. The Bertz CT molecular complexity index is 1270. The summed E-state index contributed by atoms with van der Waals surface area (Å²) in [5.41, 5.74) is 1.45. The van der Waals surface area contributed by atoms with E-state index < -0.39 is 62.0 Å². The molecule has 0 heterocycles. The molecule has 46 heavy (non-hydrogen) atoms. The molecule has 17 heteroatoms. The summed E-state index contributed by atoms with van der Waals surface area (Å²) in [7, 11) is 0. The average molecular weight is 678 g/mol. The molecule has 2 aromatic carbocycles. The van der Waals surface area contributed by atoms with E-state index >= 15 is 0 Å². The second-order valence-electron chi connectivity index (χ2n) is 10.1. The zero-order chi connectivity index (χ0) is 34.9. The van der Waals surface area contributed by atoms with Gasteiger partial charge < -0.3 is 29.0 Å². The molecule has 2 rings (SSSR count). The fourth-order valence-electron chi connectivity index (χ4n) is 3.74. The van der Waals surface area contributed by atoms with Crippen LogP contribution in [-0.2, 0) is 20.7 Å². The highest BCUT2D eigenvalue weighted by atomic mass is 19.4. The van der Waals surface area contributed by atoms with Crippen LogP contribution in [0, 0.1) is 0 Å². The van der Waals surface area contributed by atoms with Crippen molar-refractivity contribution in [3.8, 4) is 11.5 Å². The van der Waals surface area contributed by atoms with Crippen molar-refractivity contribution in [3.05, 3.63) is 59.7 Å². The Labute approximate surface area is 258 Å². The Morgan fingerprint density at radius 3 is 1.85 bits per heavy atom. The number of amides is 1. The zero-order valence-corrected chi connectivity index (χ0v) is 24.8. The summed E-state index contributed by atoms with van der Waals surface area (Å²) >= 11 is 0. The molecule has 1 N–H and O–H groups in total. The summed E-state index contributed by atoms with van der Waals surface area (Å²) in [6, 6.07) is 12.0. The minimum absolute atomic E-state index is 0.00905. The van der Waals surface area contributed by atoms with Gasteiger partial charge in [0.1, 0.15) is 18.1 Å². The first-order chi connectivity index (χ1) is 21.2. The maximum atomic E-state index is 13.8. The van der Waals surface area contributed by atoms with E-state index in [0.717, 1.165) is 5.56 Å². The van der Waals surface area contributed by atoms with E-state index in [0.29, 0.717) is 10.5 Å². The highest BCUT2D eigenvalue weighted by Gasteiger charge is 2.82. The maximum Gasteiger partial charge on any atom is 0.460 e. The quantitative estimate of drug-likeness (QED) is 0.178. The second kappa shape index (κ2) is 15.7. The van der Waals surface area contributed by atoms with E-state index in [1.165, 1.54) is 36.4 Å². The molecule has 0 saturated heterocycles. The summed E-state index contributed by atoms with van der Waals surface area (Å²) in [6.45, 7) is 2.15. The molecule has 0 radical (unpaired) electrons. The average Bonchev–Trinajstić information content (AvgIpc) is 2.96. The number of carbonyl (C=O) groups is 2. The molecular formula is C29H32F9NO7. The van der Waals surface area contributed by atoms with Crippen LogP contribution in [0.1, 0.15) is 37.8 Å². The normalized spacial score (nSPS) is 13.4.